The number of nitrogens with zero attached hydrogens (tertiary/aromatic N) is 3. The number of fused-ring (bicyclic) bond motifs is 1. The van der Waals surface area contributed by atoms with Crippen molar-refractivity contribution in [3.63, 3.8) is 0 Å². The van der Waals surface area contributed by atoms with Crippen molar-refractivity contribution >= 4 is 22.7 Å². The minimum Gasteiger partial charge on any atom is -0.497 e. The Hall–Kier alpha value is -1.99. The summed E-state index contributed by atoms with van der Waals surface area (Å²) in [5, 5.41) is 18.2. The molecule has 1 aromatic carbocycles. The number of thioether (sulfide) groups is 1. The van der Waals surface area contributed by atoms with Gasteiger partial charge in [0.2, 0.25) is 0 Å². The lowest BCUT2D eigenvalue weighted by Crippen LogP contribution is -2.17. The monoisotopic (exact) mass is 318 g/mol. The smallest absolute Gasteiger partial charge is 0.162 e. The molecule has 0 saturated heterocycles. The topological polar surface area (TPSA) is 71.7 Å². The highest BCUT2D eigenvalue weighted by Gasteiger charge is 2.21. The summed E-state index contributed by atoms with van der Waals surface area (Å²) >= 11 is 1.56. The number of aliphatic imine (C=N–C) groups is 1. The number of ether oxygens (including phenoxy) is 1. The summed E-state index contributed by atoms with van der Waals surface area (Å²) in [5.74, 6) is 1.75. The summed E-state index contributed by atoms with van der Waals surface area (Å²) in [5.41, 5.74) is 2.76. The Morgan fingerprint density at radius 3 is 2.77 bits per heavy atom. The van der Waals surface area contributed by atoms with E-state index in [2.05, 4.69) is 15.4 Å². The van der Waals surface area contributed by atoms with Crippen molar-refractivity contribution in [2.24, 2.45) is 4.99 Å². The molecule has 116 valence electrons. The van der Waals surface area contributed by atoms with Crippen molar-refractivity contribution in [3.8, 4) is 5.75 Å². The van der Waals surface area contributed by atoms with Crippen molar-refractivity contribution in [1.82, 2.24) is 9.78 Å². The van der Waals surface area contributed by atoms with Gasteiger partial charge in [-0.3, -0.25) is 4.99 Å². The molecule has 2 N–H and O–H groups in total. The van der Waals surface area contributed by atoms with E-state index in [4.69, 9.17) is 4.74 Å². The normalized spacial score (nSPS) is 13.3. The molecule has 7 heteroatoms. The van der Waals surface area contributed by atoms with Gasteiger partial charge < -0.3 is 15.2 Å². The van der Waals surface area contributed by atoms with Gasteiger partial charge in [-0.2, -0.15) is 5.10 Å². The van der Waals surface area contributed by atoms with E-state index in [0.29, 0.717) is 18.8 Å². The maximum absolute atomic E-state index is 9.49. The maximum Gasteiger partial charge on any atom is 0.162 e. The van der Waals surface area contributed by atoms with E-state index in [1.165, 1.54) is 0 Å². The number of anilines is 1. The van der Waals surface area contributed by atoms with E-state index in [1.807, 2.05) is 35.2 Å². The molecule has 1 aliphatic heterocycles. The van der Waals surface area contributed by atoms with E-state index in [0.717, 1.165) is 27.9 Å². The van der Waals surface area contributed by atoms with Crippen LogP contribution in [0.1, 0.15) is 16.8 Å². The van der Waals surface area contributed by atoms with Crippen LogP contribution in [-0.4, -0.2) is 33.4 Å². The Bertz CT molecular complexity index is 694. The largest absolute Gasteiger partial charge is 0.497 e. The molecule has 0 unspecified atom stereocenters. The van der Waals surface area contributed by atoms with Crippen LogP contribution in [-0.2, 0) is 19.7 Å². The molecule has 0 atom stereocenters. The minimum absolute atomic E-state index is 0.0796. The van der Waals surface area contributed by atoms with Crippen LogP contribution in [0.4, 0.5) is 5.82 Å². The second-order valence-electron chi connectivity index (χ2n) is 4.89. The van der Waals surface area contributed by atoms with Crippen molar-refractivity contribution in [2.45, 2.75) is 19.7 Å². The van der Waals surface area contributed by atoms with E-state index >= 15 is 0 Å². The third-order valence-corrected chi connectivity index (χ3v) is 4.19. The molecule has 1 aliphatic rings. The molecule has 0 bridgehead atoms. The molecular formula is C15H18N4O2S. The number of aliphatic hydroxyl groups excluding tert-OH is 1. The summed E-state index contributed by atoms with van der Waals surface area (Å²) in [6.07, 6.45) is 1.98. The molecule has 22 heavy (non-hydrogen) atoms. The van der Waals surface area contributed by atoms with Crippen LogP contribution in [0.3, 0.4) is 0 Å². The van der Waals surface area contributed by atoms with Crippen LogP contribution in [0.2, 0.25) is 0 Å². The van der Waals surface area contributed by atoms with Gasteiger partial charge in [-0.25, -0.2) is 4.68 Å². The standard InChI is InChI=1S/C15H18N4O2S/c1-21-11-5-3-10(4-6-11)8-19-14-12(13(9-20)18-19)7-16-15(17-14)22-2/h3-6,20H,7-9H2,1-2H3,(H,16,17). The average Bonchev–Trinajstić information content (AvgIpc) is 2.92. The summed E-state index contributed by atoms with van der Waals surface area (Å²) in [4.78, 5) is 4.43. The van der Waals surface area contributed by atoms with E-state index in [9.17, 15) is 5.11 Å². The molecule has 1 aromatic heterocycles. The Balaban J connectivity index is 1.89. The van der Waals surface area contributed by atoms with Gasteiger partial charge in [-0.15, -0.1) is 0 Å². The van der Waals surface area contributed by atoms with E-state index in [-0.39, 0.29) is 6.61 Å². The summed E-state index contributed by atoms with van der Waals surface area (Å²) < 4.78 is 7.06. The average molecular weight is 318 g/mol. The lowest BCUT2D eigenvalue weighted by molar-refractivity contribution is 0.274. The SMILES string of the molecule is COc1ccc(Cn2nc(CO)c3c2NC(SC)=NC3)cc1. The summed E-state index contributed by atoms with van der Waals surface area (Å²) in [7, 11) is 1.65. The van der Waals surface area contributed by atoms with Crippen molar-refractivity contribution in [3.05, 3.63) is 41.1 Å². The first kappa shape index (κ1) is 14.9. The van der Waals surface area contributed by atoms with Gasteiger partial charge in [-0.05, 0) is 24.0 Å². The van der Waals surface area contributed by atoms with Gasteiger partial charge in [0.1, 0.15) is 11.6 Å². The molecule has 6 nitrogen and oxygen atoms in total. The van der Waals surface area contributed by atoms with Gasteiger partial charge in [0.25, 0.3) is 0 Å². The Morgan fingerprint density at radius 2 is 2.14 bits per heavy atom. The minimum atomic E-state index is -0.0796. The molecule has 0 saturated carbocycles. The number of rotatable bonds is 4. The second-order valence-corrected chi connectivity index (χ2v) is 5.68. The van der Waals surface area contributed by atoms with Gasteiger partial charge >= 0.3 is 0 Å². The summed E-state index contributed by atoms with van der Waals surface area (Å²) in [6.45, 7) is 1.10. The number of hydrogen-bond acceptors (Lipinski definition) is 6. The predicted octanol–water partition coefficient (Wildman–Crippen LogP) is 2.08. The second kappa shape index (κ2) is 6.41. The zero-order valence-electron chi connectivity index (χ0n) is 12.5. The number of aliphatic hydroxyl groups is 1. The summed E-state index contributed by atoms with van der Waals surface area (Å²) in [6, 6.07) is 7.89. The van der Waals surface area contributed by atoms with E-state index in [1.54, 1.807) is 18.9 Å². The third-order valence-electron chi connectivity index (χ3n) is 3.57. The lowest BCUT2D eigenvalue weighted by atomic mass is 10.2. The molecule has 0 spiro atoms. The fourth-order valence-electron chi connectivity index (χ4n) is 2.41. The first-order valence-corrected chi connectivity index (χ1v) is 8.15. The lowest BCUT2D eigenvalue weighted by Gasteiger charge is -2.16. The zero-order valence-corrected chi connectivity index (χ0v) is 13.4. The van der Waals surface area contributed by atoms with Gasteiger partial charge in [-0.1, -0.05) is 23.9 Å². The highest BCUT2D eigenvalue weighted by molar-refractivity contribution is 8.13. The van der Waals surface area contributed by atoms with Crippen LogP contribution in [0, 0.1) is 0 Å². The first-order chi connectivity index (χ1) is 10.7. The number of nitrogens with one attached hydrogen (secondary N) is 1. The van der Waals surface area contributed by atoms with Crippen LogP contribution in [0.15, 0.2) is 29.3 Å². The molecule has 0 radical (unpaired) electrons. The number of amidine groups is 1. The van der Waals surface area contributed by atoms with E-state index < -0.39 is 0 Å². The maximum atomic E-state index is 9.49. The quantitative estimate of drug-likeness (QED) is 0.903. The van der Waals surface area contributed by atoms with Crippen LogP contribution >= 0.6 is 11.8 Å². The fraction of sp³-hybridized carbons (Fsp3) is 0.333. The van der Waals surface area contributed by atoms with Gasteiger partial charge in [0, 0.05) is 5.56 Å². The van der Waals surface area contributed by atoms with Crippen molar-refractivity contribution in [2.75, 3.05) is 18.7 Å². The highest BCUT2D eigenvalue weighted by atomic mass is 32.2. The molecule has 2 heterocycles. The van der Waals surface area contributed by atoms with Crippen LogP contribution < -0.4 is 10.1 Å². The number of methoxy groups -OCH3 is 1. The first-order valence-electron chi connectivity index (χ1n) is 6.93. The number of benzene rings is 1. The predicted molar refractivity (Wildman–Crippen MR) is 88.5 cm³/mol. The Kier molecular flexibility index (Phi) is 4.35. The highest BCUT2D eigenvalue weighted by Crippen LogP contribution is 2.27. The fourth-order valence-corrected chi connectivity index (χ4v) is 2.80. The van der Waals surface area contributed by atoms with Crippen molar-refractivity contribution in [1.29, 1.82) is 0 Å². The Labute approximate surface area is 133 Å². The van der Waals surface area contributed by atoms with Gasteiger partial charge in [0.05, 0.1) is 32.5 Å². The van der Waals surface area contributed by atoms with Crippen molar-refractivity contribution < 1.29 is 9.84 Å². The molecule has 0 amide bonds. The Morgan fingerprint density at radius 1 is 1.36 bits per heavy atom. The zero-order chi connectivity index (χ0) is 15.5. The molecular weight excluding hydrogens is 300 g/mol. The molecule has 0 fully saturated rings. The third kappa shape index (κ3) is 2.82. The number of aromatic nitrogens is 2. The molecule has 2 aromatic rings. The van der Waals surface area contributed by atoms with Crippen LogP contribution in [0.5, 0.6) is 5.75 Å². The van der Waals surface area contributed by atoms with Gasteiger partial charge in [0.15, 0.2) is 5.17 Å². The van der Waals surface area contributed by atoms with Crippen LogP contribution in [0.25, 0.3) is 0 Å². The molecule has 3 rings (SSSR count). The number of hydrogen-bond donors (Lipinski definition) is 2. The molecule has 0 aliphatic carbocycles.